The van der Waals surface area contributed by atoms with Crippen molar-refractivity contribution in [2.45, 2.75) is 57.7 Å². The number of nitrogens with one attached hydrogen (secondary N) is 1. The van der Waals surface area contributed by atoms with Crippen molar-refractivity contribution >= 4 is 17.6 Å². The van der Waals surface area contributed by atoms with Gasteiger partial charge >= 0.3 is 5.97 Å². The summed E-state index contributed by atoms with van der Waals surface area (Å²) >= 11 is 6.09. The van der Waals surface area contributed by atoms with E-state index in [1.807, 2.05) is 36.4 Å². The number of ether oxygens (including phenoxy) is 2. The summed E-state index contributed by atoms with van der Waals surface area (Å²) in [6, 6.07) is 13.6. The molecule has 0 spiro atoms. The number of esters is 1. The number of aryl methyl sites for hydroxylation is 1. The number of benzene rings is 2. The van der Waals surface area contributed by atoms with Gasteiger partial charge in [0.15, 0.2) is 6.61 Å². The summed E-state index contributed by atoms with van der Waals surface area (Å²) in [5.74, 6) is 0.309. The van der Waals surface area contributed by atoms with Crippen molar-refractivity contribution in [1.82, 2.24) is 5.32 Å². The highest BCUT2D eigenvalue weighted by Crippen LogP contribution is 2.28. The fourth-order valence-electron chi connectivity index (χ4n) is 3.97. The molecule has 3 atom stereocenters. The average Bonchev–Trinajstić information content (AvgIpc) is 2.75. The molecule has 0 aromatic heterocycles. The van der Waals surface area contributed by atoms with Crippen molar-refractivity contribution in [3.05, 3.63) is 64.2 Å². The zero-order valence-corrected chi connectivity index (χ0v) is 18.3. The molecule has 1 aliphatic rings. The van der Waals surface area contributed by atoms with E-state index in [9.17, 15) is 9.90 Å². The molecule has 2 aromatic rings. The van der Waals surface area contributed by atoms with Crippen LogP contribution in [0.2, 0.25) is 5.02 Å². The molecule has 3 rings (SSSR count). The molecule has 0 amide bonds. The summed E-state index contributed by atoms with van der Waals surface area (Å²) in [6.45, 7) is 4.11. The van der Waals surface area contributed by atoms with E-state index in [1.54, 1.807) is 6.92 Å². The molecule has 0 aliphatic heterocycles. The van der Waals surface area contributed by atoms with E-state index >= 15 is 0 Å². The van der Waals surface area contributed by atoms with Crippen molar-refractivity contribution in [2.24, 2.45) is 0 Å². The van der Waals surface area contributed by atoms with Crippen LogP contribution in [-0.2, 0) is 22.4 Å². The lowest BCUT2D eigenvalue weighted by Crippen LogP contribution is -2.44. The summed E-state index contributed by atoms with van der Waals surface area (Å²) in [5.41, 5.74) is 3.35. The number of carbonyl (C=O) groups is 1. The minimum atomic E-state index is -0.616. The summed E-state index contributed by atoms with van der Waals surface area (Å²) < 4.78 is 10.5. The van der Waals surface area contributed by atoms with Gasteiger partial charge in [-0.2, -0.15) is 0 Å². The second kappa shape index (κ2) is 10.8. The molecule has 2 aromatic carbocycles. The first-order valence-corrected chi connectivity index (χ1v) is 11.0. The largest absolute Gasteiger partial charge is 0.482 e. The van der Waals surface area contributed by atoms with E-state index in [1.165, 1.54) is 11.1 Å². The second-order valence-corrected chi connectivity index (χ2v) is 8.08. The maximum atomic E-state index is 11.5. The van der Waals surface area contributed by atoms with Gasteiger partial charge in [-0.3, -0.25) is 0 Å². The van der Waals surface area contributed by atoms with Gasteiger partial charge in [0, 0.05) is 17.1 Å². The number of carbonyl (C=O) groups excluding carboxylic acids is 1. The molecular weight excluding hydrogens is 402 g/mol. The maximum Gasteiger partial charge on any atom is 0.344 e. The molecule has 0 bridgehead atoms. The summed E-state index contributed by atoms with van der Waals surface area (Å²) in [6.07, 6.45) is 3.02. The number of aliphatic hydroxyl groups excluding tert-OH is 1. The fraction of sp³-hybridized carbons (Fsp3) is 0.458. The summed E-state index contributed by atoms with van der Waals surface area (Å²) in [4.78, 5) is 11.5. The van der Waals surface area contributed by atoms with Crippen LogP contribution in [0.5, 0.6) is 5.75 Å². The standard InChI is InChI=1S/C24H30ClNO4/c1-3-22(24(28)17-6-5-7-19(25)12-17)26-20-10-8-16-9-11-21(14-18(16)13-20)30-15-23(27)29-4-2/h5-7,9,11-12,14,20,22,24,26,28H,3-4,8,10,13,15H2,1-2H3/t20-,22?,24-/m0/s1. The topological polar surface area (TPSA) is 67.8 Å². The highest BCUT2D eigenvalue weighted by atomic mass is 35.5. The van der Waals surface area contributed by atoms with Gasteiger partial charge in [-0.1, -0.05) is 36.7 Å². The molecule has 0 saturated carbocycles. The molecule has 1 unspecified atom stereocenters. The predicted molar refractivity (Wildman–Crippen MR) is 118 cm³/mol. The monoisotopic (exact) mass is 431 g/mol. The van der Waals surface area contributed by atoms with Crippen LogP contribution >= 0.6 is 11.6 Å². The smallest absolute Gasteiger partial charge is 0.344 e. The lowest BCUT2D eigenvalue weighted by molar-refractivity contribution is -0.145. The van der Waals surface area contributed by atoms with E-state index < -0.39 is 6.10 Å². The summed E-state index contributed by atoms with van der Waals surface area (Å²) in [7, 11) is 0. The van der Waals surface area contributed by atoms with Gasteiger partial charge in [-0.15, -0.1) is 0 Å². The Labute approximate surface area is 183 Å². The van der Waals surface area contributed by atoms with Gasteiger partial charge in [0.25, 0.3) is 0 Å². The van der Waals surface area contributed by atoms with E-state index in [2.05, 4.69) is 18.3 Å². The first-order chi connectivity index (χ1) is 14.5. The van der Waals surface area contributed by atoms with Crippen LogP contribution in [0.25, 0.3) is 0 Å². The molecule has 162 valence electrons. The van der Waals surface area contributed by atoms with Crippen molar-refractivity contribution in [2.75, 3.05) is 13.2 Å². The quantitative estimate of drug-likeness (QED) is 0.581. The Morgan fingerprint density at radius 1 is 1.23 bits per heavy atom. The number of hydrogen-bond acceptors (Lipinski definition) is 5. The van der Waals surface area contributed by atoms with Crippen molar-refractivity contribution in [3.8, 4) is 5.75 Å². The lowest BCUT2D eigenvalue weighted by Gasteiger charge is -2.32. The minimum absolute atomic E-state index is 0.0572. The van der Waals surface area contributed by atoms with Gasteiger partial charge < -0.3 is 19.9 Å². The Bertz CT molecular complexity index is 857. The third-order valence-electron chi connectivity index (χ3n) is 5.53. The summed E-state index contributed by atoms with van der Waals surface area (Å²) in [5, 5.41) is 15.1. The Morgan fingerprint density at radius 2 is 2.07 bits per heavy atom. The normalized spacial score (nSPS) is 17.7. The zero-order valence-electron chi connectivity index (χ0n) is 17.6. The Hall–Kier alpha value is -2.08. The molecule has 1 aliphatic carbocycles. The molecule has 30 heavy (non-hydrogen) atoms. The number of aliphatic hydroxyl groups is 1. The minimum Gasteiger partial charge on any atom is -0.482 e. The van der Waals surface area contributed by atoms with Crippen molar-refractivity contribution in [1.29, 1.82) is 0 Å². The van der Waals surface area contributed by atoms with Crippen LogP contribution in [0, 0.1) is 0 Å². The van der Waals surface area contributed by atoms with Crippen LogP contribution in [0.4, 0.5) is 0 Å². The number of halogens is 1. The molecule has 0 saturated heterocycles. The van der Waals surface area contributed by atoms with Gasteiger partial charge in [0.1, 0.15) is 5.75 Å². The first kappa shape index (κ1) is 22.6. The van der Waals surface area contributed by atoms with E-state index in [0.29, 0.717) is 17.4 Å². The van der Waals surface area contributed by atoms with Crippen molar-refractivity contribution < 1.29 is 19.4 Å². The Balaban J connectivity index is 1.63. The third kappa shape index (κ3) is 5.97. The average molecular weight is 432 g/mol. The van der Waals surface area contributed by atoms with Gasteiger partial charge in [-0.05, 0) is 73.6 Å². The highest BCUT2D eigenvalue weighted by molar-refractivity contribution is 6.30. The van der Waals surface area contributed by atoms with E-state index in [4.69, 9.17) is 21.1 Å². The first-order valence-electron chi connectivity index (χ1n) is 10.6. The van der Waals surface area contributed by atoms with Crippen LogP contribution in [0.1, 0.15) is 49.5 Å². The molecule has 0 fully saturated rings. The van der Waals surface area contributed by atoms with Crippen LogP contribution in [0.3, 0.4) is 0 Å². The van der Waals surface area contributed by atoms with Gasteiger partial charge in [0.05, 0.1) is 12.7 Å². The fourth-order valence-corrected chi connectivity index (χ4v) is 4.17. The second-order valence-electron chi connectivity index (χ2n) is 7.65. The molecule has 0 radical (unpaired) electrons. The molecule has 6 heteroatoms. The molecular formula is C24H30ClNO4. The number of fused-ring (bicyclic) bond motifs is 1. The van der Waals surface area contributed by atoms with Gasteiger partial charge in [-0.25, -0.2) is 4.79 Å². The van der Waals surface area contributed by atoms with Crippen molar-refractivity contribution in [3.63, 3.8) is 0 Å². The SMILES string of the molecule is CCOC(=O)COc1ccc2c(c1)C[C@@H](NC(CC)[C@@H](O)c1cccc(Cl)c1)CC2. The molecule has 0 heterocycles. The highest BCUT2D eigenvalue weighted by Gasteiger charge is 2.25. The predicted octanol–water partition coefficient (Wildman–Crippen LogP) is 4.24. The van der Waals surface area contributed by atoms with Crippen LogP contribution in [-0.4, -0.2) is 36.4 Å². The van der Waals surface area contributed by atoms with Crippen LogP contribution in [0.15, 0.2) is 42.5 Å². The maximum absolute atomic E-state index is 11.5. The number of rotatable bonds is 9. The van der Waals surface area contributed by atoms with E-state index in [0.717, 1.165) is 31.2 Å². The zero-order chi connectivity index (χ0) is 21.5. The van der Waals surface area contributed by atoms with Crippen LogP contribution < -0.4 is 10.1 Å². The third-order valence-corrected chi connectivity index (χ3v) is 5.76. The molecule has 2 N–H and O–H groups in total. The van der Waals surface area contributed by atoms with E-state index in [-0.39, 0.29) is 24.7 Å². The Morgan fingerprint density at radius 3 is 2.80 bits per heavy atom. The molecule has 5 nitrogen and oxygen atoms in total. The van der Waals surface area contributed by atoms with Gasteiger partial charge in [0.2, 0.25) is 0 Å². The number of hydrogen-bond donors (Lipinski definition) is 2. The Kier molecular flexibility index (Phi) is 8.14. The lowest BCUT2D eigenvalue weighted by atomic mass is 9.87.